The number of carbonyl (C=O) groups excluding carboxylic acids is 1. The molecule has 0 aromatic carbocycles. The van der Waals surface area contributed by atoms with Crippen LogP contribution >= 0.6 is 11.3 Å². The Morgan fingerprint density at radius 3 is 2.21 bits per heavy atom. The number of hydrogen-bond acceptors (Lipinski definition) is 4. The average Bonchev–Trinajstić information content (AvgIpc) is 3.28. The highest BCUT2D eigenvalue weighted by Crippen LogP contribution is 2.40. The minimum absolute atomic E-state index is 0.0250. The number of nitrogens with zero attached hydrogens (tertiary/aromatic N) is 2. The maximum atomic E-state index is 11.8. The van der Waals surface area contributed by atoms with E-state index in [2.05, 4.69) is 26.0 Å². The van der Waals surface area contributed by atoms with E-state index in [9.17, 15) is 14.7 Å². The van der Waals surface area contributed by atoms with Gasteiger partial charge < -0.3 is 10.0 Å². The molecule has 1 aromatic heterocycles. The first kappa shape index (κ1) is 25.5. The molecule has 0 unspecified atom stereocenters. The molecule has 1 aromatic rings. The first-order chi connectivity index (χ1) is 15.9. The van der Waals surface area contributed by atoms with Gasteiger partial charge in [-0.15, -0.1) is 11.3 Å². The summed E-state index contributed by atoms with van der Waals surface area (Å²) in [7, 11) is 0. The fourth-order valence-corrected chi connectivity index (χ4v) is 6.26. The SMILES string of the molecule is CC1CCC(C)CC1.N#CC1CCC(N(C=O)c2cc(C3=CCCCC3)sc2C(=O)O)CC1. The lowest BCUT2D eigenvalue weighted by molar-refractivity contribution is -0.108. The van der Waals surface area contributed by atoms with Gasteiger partial charge in [0.2, 0.25) is 6.41 Å². The summed E-state index contributed by atoms with van der Waals surface area (Å²) in [5, 5.41) is 18.6. The number of aromatic carboxylic acids is 1. The summed E-state index contributed by atoms with van der Waals surface area (Å²) in [6.07, 6.45) is 16.1. The van der Waals surface area contributed by atoms with Gasteiger partial charge in [0, 0.05) is 16.8 Å². The molecule has 0 radical (unpaired) electrons. The maximum Gasteiger partial charge on any atom is 0.348 e. The second kappa shape index (κ2) is 12.4. The molecule has 1 N–H and O–H groups in total. The van der Waals surface area contributed by atoms with Gasteiger partial charge >= 0.3 is 5.97 Å². The van der Waals surface area contributed by atoms with Crippen LogP contribution in [0.5, 0.6) is 0 Å². The van der Waals surface area contributed by atoms with Gasteiger partial charge in [0.1, 0.15) is 4.88 Å². The molecule has 4 rings (SSSR count). The number of rotatable bonds is 5. The number of carboxylic acid groups (broad SMARTS) is 1. The van der Waals surface area contributed by atoms with Crippen LogP contribution in [0.25, 0.3) is 5.57 Å². The van der Waals surface area contributed by atoms with E-state index >= 15 is 0 Å². The quantitative estimate of drug-likeness (QED) is 0.458. The molecule has 180 valence electrons. The Labute approximate surface area is 202 Å². The number of thiophene rings is 1. The number of carboxylic acids is 1. The van der Waals surface area contributed by atoms with Crippen molar-refractivity contribution < 1.29 is 14.7 Å². The molecule has 0 aliphatic heterocycles. The smallest absolute Gasteiger partial charge is 0.348 e. The van der Waals surface area contributed by atoms with Crippen molar-refractivity contribution in [3.8, 4) is 6.07 Å². The van der Waals surface area contributed by atoms with Crippen LogP contribution in [-0.4, -0.2) is 23.5 Å². The molecule has 0 bridgehead atoms. The number of nitriles is 1. The zero-order valence-electron chi connectivity index (χ0n) is 20.1. The molecule has 2 fully saturated rings. The van der Waals surface area contributed by atoms with Crippen molar-refractivity contribution in [2.75, 3.05) is 4.90 Å². The van der Waals surface area contributed by atoms with Crippen LogP contribution in [0.1, 0.15) is 105 Å². The summed E-state index contributed by atoms with van der Waals surface area (Å²) < 4.78 is 0. The first-order valence-electron chi connectivity index (χ1n) is 12.6. The number of carbonyl (C=O) groups is 2. The van der Waals surface area contributed by atoms with Gasteiger partial charge in [0.15, 0.2) is 0 Å². The fourth-order valence-electron chi connectivity index (χ4n) is 5.20. The Morgan fingerprint density at radius 2 is 1.73 bits per heavy atom. The van der Waals surface area contributed by atoms with Gasteiger partial charge in [-0.05, 0) is 74.8 Å². The zero-order chi connectivity index (χ0) is 23.8. The first-order valence-corrected chi connectivity index (χ1v) is 13.4. The normalized spacial score (nSPS) is 27.4. The lowest BCUT2D eigenvalue weighted by Crippen LogP contribution is -2.37. The predicted molar refractivity (Wildman–Crippen MR) is 134 cm³/mol. The third kappa shape index (κ3) is 6.93. The Balaban J connectivity index is 0.000000323. The molecule has 3 aliphatic carbocycles. The molecule has 0 saturated heterocycles. The summed E-state index contributed by atoms with van der Waals surface area (Å²) in [5.74, 6) is 1.10. The van der Waals surface area contributed by atoms with Crippen LogP contribution in [0, 0.1) is 29.1 Å². The molecular formula is C27H38N2O3S. The number of amides is 1. The van der Waals surface area contributed by atoms with E-state index in [-0.39, 0.29) is 16.8 Å². The Bertz CT molecular complexity index is 858. The Morgan fingerprint density at radius 1 is 1.09 bits per heavy atom. The van der Waals surface area contributed by atoms with Crippen LogP contribution in [0.3, 0.4) is 0 Å². The van der Waals surface area contributed by atoms with Gasteiger partial charge in [-0.1, -0.05) is 45.6 Å². The number of anilines is 1. The highest BCUT2D eigenvalue weighted by Gasteiger charge is 2.30. The molecule has 2 saturated carbocycles. The monoisotopic (exact) mass is 470 g/mol. The van der Waals surface area contributed by atoms with Crippen LogP contribution in [0.2, 0.25) is 0 Å². The van der Waals surface area contributed by atoms with Crippen molar-refractivity contribution in [2.45, 2.75) is 96.9 Å². The summed E-state index contributed by atoms with van der Waals surface area (Å²) in [6.45, 7) is 4.73. The van der Waals surface area contributed by atoms with E-state index < -0.39 is 5.97 Å². The third-order valence-corrected chi connectivity index (χ3v) is 8.67. The van der Waals surface area contributed by atoms with Gasteiger partial charge in [0.25, 0.3) is 0 Å². The van der Waals surface area contributed by atoms with Crippen molar-refractivity contribution in [1.82, 2.24) is 0 Å². The highest BCUT2D eigenvalue weighted by molar-refractivity contribution is 7.15. The second-order valence-electron chi connectivity index (χ2n) is 10.1. The molecular weight excluding hydrogens is 432 g/mol. The van der Waals surface area contributed by atoms with Crippen LogP contribution in [-0.2, 0) is 4.79 Å². The van der Waals surface area contributed by atoms with Crippen molar-refractivity contribution in [1.29, 1.82) is 5.26 Å². The topological polar surface area (TPSA) is 81.4 Å². The molecule has 33 heavy (non-hydrogen) atoms. The van der Waals surface area contributed by atoms with E-state index in [4.69, 9.17) is 5.26 Å². The molecule has 3 aliphatic rings. The van der Waals surface area contributed by atoms with Crippen molar-refractivity contribution in [3.63, 3.8) is 0 Å². The fraction of sp³-hybridized carbons (Fsp3) is 0.667. The van der Waals surface area contributed by atoms with Crippen molar-refractivity contribution in [2.24, 2.45) is 17.8 Å². The minimum Gasteiger partial charge on any atom is -0.477 e. The van der Waals surface area contributed by atoms with Crippen molar-refractivity contribution >= 4 is 35.0 Å². The molecule has 0 atom stereocenters. The molecule has 0 spiro atoms. The lowest BCUT2D eigenvalue weighted by atomic mass is 9.84. The van der Waals surface area contributed by atoms with Gasteiger partial charge in [-0.2, -0.15) is 5.26 Å². The molecule has 5 nitrogen and oxygen atoms in total. The van der Waals surface area contributed by atoms with E-state index in [1.165, 1.54) is 49.0 Å². The Hall–Kier alpha value is -2.13. The summed E-state index contributed by atoms with van der Waals surface area (Å²) >= 11 is 1.27. The molecule has 1 heterocycles. The standard InChI is InChI=1S/C19H22N2O3S.C8H16/c20-11-13-6-8-15(9-7-13)21(12-22)16-10-17(25-18(16)19(23)24)14-4-2-1-3-5-14;1-7-3-5-8(2)6-4-7/h4,10,12-13,15H,1-3,5-9H2,(H,23,24);7-8H,3-6H2,1-2H3. The number of hydrogen-bond donors (Lipinski definition) is 1. The van der Waals surface area contributed by atoms with E-state index in [1.54, 1.807) is 4.90 Å². The zero-order valence-corrected chi connectivity index (χ0v) is 20.9. The van der Waals surface area contributed by atoms with E-state index in [1.807, 2.05) is 6.07 Å². The molecule has 6 heteroatoms. The highest BCUT2D eigenvalue weighted by atomic mass is 32.1. The van der Waals surface area contributed by atoms with Crippen LogP contribution in [0.4, 0.5) is 5.69 Å². The second-order valence-corrected chi connectivity index (χ2v) is 11.2. The van der Waals surface area contributed by atoms with Crippen molar-refractivity contribution in [3.05, 3.63) is 21.9 Å². The summed E-state index contributed by atoms with van der Waals surface area (Å²) in [5.41, 5.74) is 1.71. The van der Waals surface area contributed by atoms with Crippen LogP contribution in [0.15, 0.2) is 12.1 Å². The largest absolute Gasteiger partial charge is 0.477 e. The Kier molecular flexibility index (Phi) is 9.55. The predicted octanol–water partition coefficient (Wildman–Crippen LogP) is 7.28. The lowest BCUT2D eigenvalue weighted by Gasteiger charge is -2.32. The van der Waals surface area contributed by atoms with E-state index in [0.29, 0.717) is 5.69 Å². The van der Waals surface area contributed by atoms with Gasteiger partial charge in [-0.3, -0.25) is 4.79 Å². The third-order valence-electron chi connectivity index (χ3n) is 7.48. The van der Waals surface area contributed by atoms with E-state index in [0.717, 1.165) is 68.1 Å². The molecule has 1 amide bonds. The van der Waals surface area contributed by atoms with Gasteiger partial charge in [-0.25, -0.2) is 4.79 Å². The number of allylic oxidation sites excluding steroid dienone is 2. The summed E-state index contributed by atoms with van der Waals surface area (Å²) in [4.78, 5) is 26.3. The maximum absolute atomic E-state index is 11.8. The van der Waals surface area contributed by atoms with Gasteiger partial charge in [0.05, 0.1) is 11.8 Å². The minimum atomic E-state index is -0.986. The van der Waals surface area contributed by atoms with Crippen LogP contribution < -0.4 is 4.90 Å². The average molecular weight is 471 g/mol. The summed E-state index contributed by atoms with van der Waals surface area (Å²) in [6, 6.07) is 4.14.